The summed E-state index contributed by atoms with van der Waals surface area (Å²) in [5.74, 6) is -0.420. The normalized spacial score (nSPS) is 16.2. The van der Waals surface area contributed by atoms with E-state index in [0.717, 1.165) is 29.3 Å². The molecule has 9 heteroatoms. The molecule has 168 valence electrons. The number of aryl methyl sites for hydroxylation is 1. The molecule has 1 N–H and O–H groups in total. The molecule has 4 rings (SSSR count). The number of halogens is 3. The quantitative estimate of drug-likeness (QED) is 0.579. The van der Waals surface area contributed by atoms with Crippen molar-refractivity contribution in [2.24, 2.45) is 0 Å². The number of alkyl halides is 3. The molecule has 6 nitrogen and oxygen atoms in total. The van der Waals surface area contributed by atoms with Gasteiger partial charge in [-0.2, -0.15) is 18.3 Å². The van der Waals surface area contributed by atoms with E-state index in [1.54, 1.807) is 36.4 Å². The fourth-order valence-electron chi connectivity index (χ4n) is 3.50. The zero-order valence-electron chi connectivity index (χ0n) is 17.4. The number of hydrogen-bond donors (Lipinski definition) is 1. The van der Waals surface area contributed by atoms with E-state index >= 15 is 0 Å². The molecule has 1 saturated heterocycles. The van der Waals surface area contributed by atoms with Crippen molar-refractivity contribution >= 4 is 11.6 Å². The number of amides is 1. The molecule has 0 saturated carbocycles. The molecule has 2 heterocycles. The lowest BCUT2D eigenvalue weighted by Gasteiger charge is -2.14. The van der Waals surface area contributed by atoms with Gasteiger partial charge < -0.3 is 14.8 Å². The monoisotopic (exact) mass is 445 g/mol. The third kappa shape index (κ3) is 4.94. The fourth-order valence-corrected chi connectivity index (χ4v) is 3.50. The Morgan fingerprint density at radius 3 is 2.72 bits per heavy atom. The number of carbonyl (C=O) groups is 1. The molecule has 0 spiro atoms. The van der Waals surface area contributed by atoms with Crippen LogP contribution in [0.1, 0.15) is 34.5 Å². The van der Waals surface area contributed by atoms with Crippen molar-refractivity contribution in [2.45, 2.75) is 32.0 Å². The minimum absolute atomic E-state index is 0.0233. The van der Waals surface area contributed by atoms with Gasteiger partial charge in [0.15, 0.2) is 5.69 Å². The zero-order valence-corrected chi connectivity index (χ0v) is 17.4. The number of ether oxygens (including phenoxy) is 2. The van der Waals surface area contributed by atoms with Gasteiger partial charge in [-0.25, -0.2) is 4.68 Å². The number of anilines is 1. The predicted molar refractivity (Wildman–Crippen MR) is 112 cm³/mol. The van der Waals surface area contributed by atoms with Gasteiger partial charge in [-0.3, -0.25) is 4.79 Å². The van der Waals surface area contributed by atoms with Gasteiger partial charge in [0.1, 0.15) is 12.4 Å². The average molecular weight is 445 g/mol. The van der Waals surface area contributed by atoms with Gasteiger partial charge in [0, 0.05) is 18.4 Å². The number of rotatable bonds is 6. The van der Waals surface area contributed by atoms with Crippen molar-refractivity contribution in [3.63, 3.8) is 0 Å². The number of nitrogens with one attached hydrogen (secondary N) is 1. The van der Waals surface area contributed by atoms with Gasteiger partial charge in [0.2, 0.25) is 0 Å². The number of nitrogens with zero attached hydrogens (tertiary/aromatic N) is 2. The van der Waals surface area contributed by atoms with E-state index in [1.165, 1.54) is 12.1 Å². The van der Waals surface area contributed by atoms with Crippen LogP contribution in [-0.2, 0) is 10.9 Å². The molecule has 1 aromatic heterocycles. The van der Waals surface area contributed by atoms with Gasteiger partial charge in [0.25, 0.3) is 5.91 Å². The van der Waals surface area contributed by atoms with Crippen molar-refractivity contribution in [3.05, 3.63) is 71.5 Å². The van der Waals surface area contributed by atoms with Crippen molar-refractivity contribution in [1.29, 1.82) is 0 Å². The summed E-state index contributed by atoms with van der Waals surface area (Å²) in [6.45, 7) is 2.91. The summed E-state index contributed by atoms with van der Waals surface area (Å²) in [5, 5.41) is 6.34. The summed E-state index contributed by atoms with van der Waals surface area (Å²) in [4.78, 5) is 12.7. The van der Waals surface area contributed by atoms with Gasteiger partial charge >= 0.3 is 6.18 Å². The molecule has 1 atom stereocenters. The Balaban J connectivity index is 1.54. The van der Waals surface area contributed by atoms with Crippen molar-refractivity contribution < 1.29 is 27.4 Å². The van der Waals surface area contributed by atoms with E-state index in [0.29, 0.717) is 24.7 Å². The molecule has 0 radical (unpaired) electrons. The largest absolute Gasteiger partial charge is 0.491 e. The zero-order chi connectivity index (χ0) is 22.7. The lowest BCUT2D eigenvalue weighted by atomic mass is 10.2. The summed E-state index contributed by atoms with van der Waals surface area (Å²) < 4.78 is 53.5. The highest BCUT2D eigenvalue weighted by Crippen LogP contribution is 2.34. The van der Waals surface area contributed by atoms with Crippen LogP contribution in [0.5, 0.6) is 5.75 Å². The SMILES string of the molecule is Cc1ccc(-n2ncc(C(=O)Nc3cccc(OCC4CCCO4)c3)c2C(F)(F)F)cc1. The molecule has 3 aromatic rings. The maximum Gasteiger partial charge on any atom is 0.434 e. The highest BCUT2D eigenvalue weighted by molar-refractivity contribution is 6.05. The van der Waals surface area contributed by atoms with Gasteiger partial charge in [-0.15, -0.1) is 0 Å². The summed E-state index contributed by atoms with van der Waals surface area (Å²) in [6.07, 6.45) is -1.92. The second kappa shape index (κ2) is 9.04. The van der Waals surface area contributed by atoms with E-state index in [4.69, 9.17) is 9.47 Å². The average Bonchev–Trinajstić information content (AvgIpc) is 3.43. The van der Waals surface area contributed by atoms with E-state index in [2.05, 4.69) is 10.4 Å². The second-order valence-corrected chi connectivity index (χ2v) is 7.58. The van der Waals surface area contributed by atoms with E-state index in [9.17, 15) is 18.0 Å². The fraction of sp³-hybridized carbons (Fsp3) is 0.304. The third-order valence-electron chi connectivity index (χ3n) is 5.11. The highest BCUT2D eigenvalue weighted by atomic mass is 19.4. The molecule has 1 fully saturated rings. The summed E-state index contributed by atoms with van der Waals surface area (Å²) in [7, 11) is 0. The first kappa shape index (κ1) is 21.9. The standard InChI is InChI=1S/C23H22F3N3O3/c1-15-7-9-17(10-8-15)29-21(23(24,25)26)20(13-27-29)22(30)28-16-4-2-5-18(12-16)32-14-19-6-3-11-31-19/h2,4-5,7-10,12-13,19H,3,6,11,14H2,1H3,(H,28,30). The van der Waals surface area contributed by atoms with Crippen molar-refractivity contribution in [3.8, 4) is 11.4 Å². The Hall–Kier alpha value is -3.33. The van der Waals surface area contributed by atoms with Crippen LogP contribution in [0.15, 0.2) is 54.7 Å². The molecule has 1 unspecified atom stereocenters. The predicted octanol–water partition coefficient (Wildman–Crippen LogP) is 5.01. The molecule has 1 aliphatic rings. The van der Waals surface area contributed by atoms with Crippen molar-refractivity contribution in [1.82, 2.24) is 9.78 Å². The van der Waals surface area contributed by atoms with Crippen LogP contribution in [0, 0.1) is 6.92 Å². The Labute approximate surface area is 183 Å². The maximum absolute atomic E-state index is 13.8. The van der Waals surface area contributed by atoms with Gasteiger partial charge in [-0.1, -0.05) is 23.8 Å². The summed E-state index contributed by atoms with van der Waals surface area (Å²) in [6, 6.07) is 12.9. The Bertz CT molecular complexity index is 1090. The highest BCUT2D eigenvalue weighted by Gasteiger charge is 2.40. The lowest BCUT2D eigenvalue weighted by molar-refractivity contribution is -0.143. The molecule has 2 aromatic carbocycles. The first-order chi connectivity index (χ1) is 15.3. The minimum atomic E-state index is -4.78. The molecular formula is C23H22F3N3O3. The van der Waals surface area contributed by atoms with Gasteiger partial charge in [-0.05, 0) is 44.0 Å². The molecule has 0 bridgehead atoms. The third-order valence-corrected chi connectivity index (χ3v) is 5.11. The van der Waals surface area contributed by atoms with Crippen LogP contribution in [-0.4, -0.2) is 35.0 Å². The van der Waals surface area contributed by atoms with Gasteiger partial charge in [0.05, 0.1) is 23.6 Å². The molecule has 0 aliphatic carbocycles. The Morgan fingerprint density at radius 2 is 2.03 bits per heavy atom. The van der Waals surface area contributed by atoms with Crippen LogP contribution >= 0.6 is 0 Å². The molecular weight excluding hydrogens is 423 g/mol. The molecule has 1 aliphatic heterocycles. The van der Waals surface area contributed by atoms with Crippen LogP contribution in [0.3, 0.4) is 0 Å². The number of benzene rings is 2. The summed E-state index contributed by atoms with van der Waals surface area (Å²) >= 11 is 0. The summed E-state index contributed by atoms with van der Waals surface area (Å²) in [5.41, 5.74) is -0.273. The molecule has 1 amide bonds. The Morgan fingerprint density at radius 1 is 1.25 bits per heavy atom. The smallest absolute Gasteiger partial charge is 0.434 e. The van der Waals surface area contributed by atoms with E-state index in [-0.39, 0.29) is 11.8 Å². The minimum Gasteiger partial charge on any atom is -0.491 e. The van der Waals surface area contributed by atoms with Crippen LogP contribution in [0.4, 0.5) is 18.9 Å². The number of carbonyl (C=O) groups excluding carboxylic acids is 1. The second-order valence-electron chi connectivity index (χ2n) is 7.58. The Kier molecular flexibility index (Phi) is 6.18. The first-order valence-electron chi connectivity index (χ1n) is 10.2. The molecule has 32 heavy (non-hydrogen) atoms. The maximum atomic E-state index is 13.8. The van der Waals surface area contributed by atoms with Crippen LogP contribution in [0.2, 0.25) is 0 Å². The lowest BCUT2D eigenvalue weighted by Crippen LogP contribution is -2.21. The topological polar surface area (TPSA) is 65.4 Å². The van der Waals surface area contributed by atoms with E-state index < -0.39 is 23.3 Å². The van der Waals surface area contributed by atoms with Crippen molar-refractivity contribution in [2.75, 3.05) is 18.5 Å². The first-order valence-corrected chi connectivity index (χ1v) is 10.2. The number of aromatic nitrogens is 2. The van der Waals surface area contributed by atoms with E-state index in [1.807, 2.05) is 6.92 Å². The van der Waals surface area contributed by atoms with Crippen LogP contribution in [0.25, 0.3) is 5.69 Å². The van der Waals surface area contributed by atoms with Crippen LogP contribution < -0.4 is 10.1 Å². The number of hydrogen-bond acceptors (Lipinski definition) is 4.